The van der Waals surface area contributed by atoms with Crippen molar-refractivity contribution in [1.29, 1.82) is 0 Å². The Kier molecular flexibility index (Phi) is 3.88. The number of nitrogens with two attached hydrogens (primary N) is 1. The van der Waals surface area contributed by atoms with E-state index in [0.717, 1.165) is 25.2 Å². The van der Waals surface area contributed by atoms with Crippen molar-refractivity contribution < 1.29 is 4.79 Å². The van der Waals surface area contributed by atoms with Crippen LogP contribution in [0.5, 0.6) is 0 Å². The van der Waals surface area contributed by atoms with Crippen LogP contribution < -0.4 is 16.0 Å². The van der Waals surface area contributed by atoms with E-state index in [4.69, 9.17) is 28.9 Å². The van der Waals surface area contributed by atoms with E-state index in [-0.39, 0.29) is 11.9 Å². The van der Waals surface area contributed by atoms with Gasteiger partial charge in [0, 0.05) is 26.1 Å². The fourth-order valence-corrected chi connectivity index (χ4v) is 2.54. The Balaban J connectivity index is 2.14. The number of benzene rings is 1. The van der Waals surface area contributed by atoms with E-state index in [2.05, 4.69) is 10.2 Å². The quantitative estimate of drug-likeness (QED) is 0.821. The Morgan fingerprint density at radius 2 is 2.11 bits per heavy atom. The third-order valence-electron chi connectivity index (χ3n) is 3.01. The van der Waals surface area contributed by atoms with Gasteiger partial charge in [0.2, 0.25) is 5.91 Å². The topological polar surface area (TPSA) is 58.4 Å². The molecule has 1 aromatic rings. The maximum Gasteiger partial charge on any atom is 0.217 e. The Labute approximate surface area is 116 Å². The molecule has 0 radical (unpaired) electrons. The molecule has 0 bridgehead atoms. The summed E-state index contributed by atoms with van der Waals surface area (Å²) in [6, 6.07) is 3.59. The first-order valence-electron chi connectivity index (χ1n) is 5.74. The number of nitrogen functional groups attached to an aromatic ring is 1. The van der Waals surface area contributed by atoms with Gasteiger partial charge in [-0.3, -0.25) is 4.79 Å². The van der Waals surface area contributed by atoms with Crippen LogP contribution in [0.1, 0.15) is 13.3 Å². The summed E-state index contributed by atoms with van der Waals surface area (Å²) in [6.45, 7) is 3.10. The van der Waals surface area contributed by atoms with Gasteiger partial charge in [0.25, 0.3) is 0 Å². The van der Waals surface area contributed by atoms with Crippen molar-refractivity contribution >= 4 is 40.5 Å². The van der Waals surface area contributed by atoms with E-state index < -0.39 is 0 Å². The monoisotopic (exact) mass is 287 g/mol. The van der Waals surface area contributed by atoms with Crippen LogP contribution in [0.15, 0.2) is 12.1 Å². The molecule has 0 aliphatic carbocycles. The van der Waals surface area contributed by atoms with Crippen molar-refractivity contribution in [2.75, 3.05) is 23.7 Å². The van der Waals surface area contributed by atoms with Gasteiger partial charge in [0.15, 0.2) is 0 Å². The first-order valence-corrected chi connectivity index (χ1v) is 6.49. The van der Waals surface area contributed by atoms with Crippen LogP contribution in [-0.4, -0.2) is 25.0 Å². The van der Waals surface area contributed by atoms with Crippen LogP contribution in [-0.2, 0) is 4.79 Å². The first-order chi connectivity index (χ1) is 8.47. The Morgan fingerprint density at radius 1 is 1.44 bits per heavy atom. The molecule has 1 fully saturated rings. The van der Waals surface area contributed by atoms with Crippen LogP contribution in [0.2, 0.25) is 10.0 Å². The highest BCUT2D eigenvalue weighted by Crippen LogP contribution is 2.34. The zero-order valence-electron chi connectivity index (χ0n) is 10.0. The molecule has 0 aromatic heterocycles. The SMILES string of the molecule is CC(=O)NC1CCN(c2cc(Cl)c(Cl)cc2N)C1. The highest BCUT2D eigenvalue weighted by molar-refractivity contribution is 6.42. The zero-order chi connectivity index (χ0) is 13.3. The molecule has 1 heterocycles. The Bertz CT molecular complexity index is 479. The molecule has 1 unspecified atom stereocenters. The number of hydrogen-bond acceptors (Lipinski definition) is 3. The van der Waals surface area contributed by atoms with Crippen molar-refractivity contribution in [3.05, 3.63) is 22.2 Å². The molecule has 1 saturated heterocycles. The molecule has 2 rings (SSSR count). The number of carbonyl (C=O) groups excluding carboxylic acids is 1. The summed E-state index contributed by atoms with van der Waals surface area (Å²) in [6.07, 6.45) is 0.902. The number of halogens is 2. The summed E-state index contributed by atoms with van der Waals surface area (Å²) in [4.78, 5) is 13.1. The molecule has 4 nitrogen and oxygen atoms in total. The molecule has 1 aliphatic rings. The lowest BCUT2D eigenvalue weighted by Crippen LogP contribution is -2.35. The molecular weight excluding hydrogens is 273 g/mol. The van der Waals surface area contributed by atoms with Crippen LogP contribution in [0.25, 0.3) is 0 Å². The van der Waals surface area contributed by atoms with Crippen molar-refractivity contribution in [2.45, 2.75) is 19.4 Å². The summed E-state index contributed by atoms with van der Waals surface area (Å²) < 4.78 is 0. The highest BCUT2D eigenvalue weighted by Gasteiger charge is 2.24. The van der Waals surface area contributed by atoms with Gasteiger partial charge in [-0.05, 0) is 18.6 Å². The smallest absolute Gasteiger partial charge is 0.217 e. The van der Waals surface area contributed by atoms with Crippen molar-refractivity contribution in [2.24, 2.45) is 0 Å². The van der Waals surface area contributed by atoms with Gasteiger partial charge in [-0.2, -0.15) is 0 Å². The molecule has 6 heteroatoms. The average molecular weight is 288 g/mol. The molecule has 3 N–H and O–H groups in total. The third-order valence-corrected chi connectivity index (χ3v) is 3.73. The lowest BCUT2D eigenvalue weighted by atomic mass is 10.2. The number of carbonyl (C=O) groups is 1. The summed E-state index contributed by atoms with van der Waals surface area (Å²) in [5.41, 5.74) is 7.42. The summed E-state index contributed by atoms with van der Waals surface area (Å²) in [5, 5.41) is 3.85. The maximum atomic E-state index is 11.0. The zero-order valence-corrected chi connectivity index (χ0v) is 11.6. The fraction of sp³-hybridized carbons (Fsp3) is 0.417. The third kappa shape index (κ3) is 2.82. The van der Waals surface area contributed by atoms with Crippen molar-refractivity contribution in [3.63, 3.8) is 0 Å². The Morgan fingerprint density at radius 3 is 2.78 bits per heavy atom. The van der Waals surface area contributed by atoms with Crippen LogP contribution in [0.4, 0.5) is 11.4 Å². The number of hydrogen-bond donors (Lipinski definition) is 2. The fourth-order valence-electron chi connectivity index (χ4n) is 2.21. The minimum absolute atomic E-state index is 0.0102. The maximum absolute atomic E-state index is 11.0. The van der Waals surface area contributed by atoms with Gasteiger partial charge < -0.3 is 16.0 Å². The number of rotatable bonds is 2. The minimum atomic E-state index is -0.0102. The molecule has 1 aromatic carbocycles. The normalized spacial score (nSPS) is 19.1. The number of nitrogens with one attached hydrogen (secondary N) is 1. The number of amides is 1. The summed E-state index contributed by atoms with van der Waals surface area (Å²) in [7, 11) is 0. The number of anilines is 2. The molecule has 98 valence electrons. The predicted octanol–water partition coefficient (Wildman–Crippen LogP) is 2.29. The molecule has 0 spiro atoms. The standard InChI is InChI=1S/C12H15Cl2N3O/c1-7(18)16-8-2-3-17(6-8)12-5-10(14)9(13)4-11(12)15/h4-5,8H,2-3,6,15H2,1H3,(H,16,18). The largest absolute Gasteiger partial charge is 0.397 e. The Hall–Kier alpha value is -1.13. The van der Waals surface area contributed by atoms with E-state index in [1.807, 2.05) is 0 Å². The average Bonchev–Trinajstić information content (AvgIpc) is 2.70. The second kappa shape index (κ2) is 5.24. The lowest BCUT2D eigenvalue weighted by molar-refractivity contribution is -0.119. The lowest BCUT2D eigenvalue weighted by Gasteiger charge is -2.21. The highest BCUT2D eigenvalue weighted by atomic mass is 35.5. The summed E-state index contributed by atoms with van der Waals surface area (Å²) in [5.74, 6) is -0.0102. The molecule has 1 atom stereocenters. The van der Waals surface area contributed by atoms with E-state index in [0.29, 0.717) is 15.7 Å². The van der Waals surface area contributed by atoms with Gasteiger partial charge in [0.1, 0.15) is 0 Å². The second-order valence-electron chi connectivity index (χ2n) is 4.46. The van der Waals surface area contributed by atoms with Gasteiger partial charge in [-0.25, -0.2) is 0 Å². The first kappa shape index (κ1) is 13.3. The van der Waals surface area contributed by atoms with Crippen LogP contribution in [0, 0.1) is 0 Å². The van der Waals surface area contributed by atoms with E-state index >= 15 is 0 Å². The minimum Gasteiger partial charge on any atom is -0.397 e. The van der Waals surface area contributed by atoms with Gasteiger partial charge >= 0.3 is 0 Å². The second-order valence-corrected chi connectivity index (χ2v) is 5.27. The van der Waals surface area contributed by atoms with Crippen LogP contribution >= 0.6 is 23.2 Å². The molecule has 1 amide bonds. The van der Waals surface area contributed by atoms with Crippen molar-refractivity contribution in [3.8, 4) is 0 Å². The van der Waals surface area contributed by atoms with Gasteiger partial charge in [0.05, 0.1) is 21.4 Å². The van der Waals surface area contributed by atoms with E-state index in [1.54, 1.807) is 12.1 Å². The van der Waals surface area contributed by atoms with E-state index in [9.17, 15) is 4.79 Å². The van der Waals surface area contributed by atoms with Crippen LogP contribution in [0.3, 0.4) is 0 Å². The molecule has 18 heavy (non-hydrogen) atoms. The predicted molar refractivity (Wildman–Crippen MR) is 75.3 cm³/mol. The van der Waals surface area contributed by atoms with Crippen molar-refractivity contribution in [1.82, 2.24) is 5.32 Å². The molecule has 1 aliphatic heterocycles. The van der Waals surface area contributed by atoms with Gasteiger partial charge in [-0.1, -0.05) is 23.2 Å². The number of nitrogens with zero attached hydrogens (tertiary/aromatic N) is 1. The van der Waals surface area contributed by atoms with Gasteiger partial charge in [-0.15, -0.1) is 0 Å². The molecule has 0 saturated carbocycles. The summed E-state index contributed by atoms with van der Waals surface area (Å²) >= 11 is 11.9. The van der Waals surface area contributed by atoms with E-state index in [1.165, 1.54) is 6.92 Å². The molecular formula is C12H15Cl2N3O.